The van der Waals surface area contributed by atoms with Crippen LogP contribution in [0.1, 0.15) is 206 Å². The van der Waals surface area contributed by atoms with Gasteiger partial charge >= 0.3 is 0 Å². The van der Waals surface area contributed by atoms with Crippen molar-refractivity contribution in [3.8, 4) is 0 Å². The zero-order chi connectivity index (χ0) is 37.2. The van der Waals surface area contributed by atoms with E-state index in [0.717, 1.165) is 38.5 Å². The molecule has 0 spiro atoms. The predicted octanol–water partition coefficient (Wildman–Crippen LogP) is 10.8. The van der Waals surface area contributed by atoms with E-state index in [-0.39, 0.29) is 19.1 Å². The van der Waals surface area contributed by atoms with Crippen molar-refractivity contribution in [3.63, 3.8) is 0 Å². The molecule has 2 N–H and O–H groups in total. The Morgan fingerprint density at radius 2 is 0.980 bits per heavy atom. The lowest BCUT2D eigenvalue weighted by Gasteiger charge is -2.30. The van der Waals surface area contributed by atoms with Crippen molar-refractivity contribution in [2.45, 2.75) is 219 Å². The quantitative estimate of drug-likeness (QED) is 0.0370. The van der Waals surface area contributed by atoms with Gasteiger partial charge in [-0.1, -0.05) is 187 Å². The topological polar surface area (TPSA) is 108 Å². The Labute approximate surface area is 310 Å². The molecule has 0 aliphatic carbocycles. The average molecular weight is 733 g/mol. The molecule has 0 aromatic carbocycles. The number of aliphatic hydroxyl groups is 1. The third-order valence-corrected chi connectivity index (χ3v) is 10.8. The molecule has 0 saturated carbocycles. The number of nitrogens with one attached hydrogen (secondary N) is 1. The second kappa shape index (κ2) is 34.3. The maximum atomic E-state index is 12.8. The highest BCUT2D eigenvalue weighted by Gasteiger charge is 2.24. The van der Waals surface area contributed by atoms with Crippen LogP contribution in [0.4, 0.5) is 0 Å². The van der Waals surface area contributed by atoms with Crippen LogP contribution < -0.4 is 10.2 Å². The third kappa shape index (κ3) is 35.9. The smallest absolute Gasteiger partial charge is 0.268 e. The maximum Gasteiger partial charge on any atom is 0.268 e. The Morgan fingerprint density at radius 3 is 1.36 bits per heavy atom. The van der Waals surface area contributed by atoms with Crippen molar-refractivity contribution in [3.05, 3.63) is 0 Å². The Balaban J connectivity index is 4.31. The van der Waals surface area contributed by atoms with E-state index in [9.17, 15) is 19.4 Å². The van der Waals surface area contributed by atoms with Gasteiger partial charge in [0.15, 0.2) is 0 Å². The average Bonchev–Trinajstić information content (AvgIpc) is 3.06. The molecule has 3 unspecified atom stereocenters. The van der Waals surface area contributed by atoms with E-state index < -0.39 is 20.0 Å². The van der Waals surface area contributed by atoms with Gasteiger partial charge in [0.2, 0.25) is 5.91 Å². The maximum absolute atomic E-state index is 12.8. The minimum Gasteiger partial charge on any atom is -0.756 e. The molecule has 50 heavy (non-hydrogen) atoms. The summed E-state index contributed by atoms with van der Waals surface area (Å²) in [6.07, 6.45) is 35.3. The molecule has 3 atom stereocenters. The summed E-state index contributed by atoms with van der Waals surface area (Å²) in [5.74, 6) is -0.163. The second-order valence-electron chi connectivity index (χ2n) is 16.1. The molecule has 0 aromatic heterocycles. The van der Waals surface area contributed by atoms with E-state index in [1.165, 1.54) is 141 Å². The van der Waals surface area contributed by atoms with Crippen LogP contribution >= 0.6 is 7.82 Å². The van der Waals surface area contributed by atoms with Gasteiger partial charge in [0.1, 0.15) is 13.2 Å². The van der Waals surface area contributed by atoms with Crippen LogP contribution in [0.3, 0.4) is 0 Å². The number of hydrogen-bond acceptors (Lipinski definition) is 6. The molecule has 0 bridgehead atoms. The summed E-state index contributed by atoms with van der Waals surface area (Å²) in [6.45, 7) is 4.72. The zero-order valence-corrected chi connectivity index (χ0v) is 34.8. The highest BCUT2D eigenvalue weighted by atomic mass is 31.2. The summed E-state index contributed by atoms with van der Waals surface area (Å²) in [5.41, 5.74) is 0. The largest absolute Gasteiger partial charge is 0.756 e. The van der Waals surface area contributed by atoms with Crippen molar-refractivity contribution < 1.29 is 32.9 Å². The monoisotopic (exact) mass is 733 g/mol. The SMILES string of the molecule is CCCCCCCCCCCCCCCCCCCC(=O)NC(COP(=O)([O-])OCC[N+](C)(C)C)C(O)CCCCCCCCCCCCC. The number of likely N-dealkylation sites (N-methyl/N-ethyl adjacent to an activating group) is 1. The number of aliphatic hydroxyl groups excluding tert-OH is 1. The predicted molar refractivity (Wildman–Crippen MR) is 210 cm³/mol. The van der Waals surface area contributed by atoms with E-state index >= 15 is 0 Å². The van der Waals surface area contributed by atoms with Crippen molar-refractivity contribution >= 4 is 13.7 Å². The van der Waals surface area contributed by atoms with Gasteiger partial charge in [-0.05, 0) is 12.8 Å². The van der Waals surface area contributed by atoms with Crippen molar-refractivity contribution in [1.29, 1.82) is 0 Å². The normalized spacial score (nSPS) is 14.5. The van der Waals surface area contributed by atoms with Gasteiger partial charge in [-0.25, -0.2) is 0 Å². The summed E-state index contributed by atoms with van der Waals surface area (Å²) >= 11 is 0. The summed E-state index contributed by atoms with van der Waals surface area (Å²) in [5, 5.41) is 13.9. The summed E-state index contributed by atoms with van der Waals surface area (Å²) in [4.78, 5) is 25.2. The minimum atomic E-state index is -4.55. The molecule has 0 aliphatic rings. The van der Waals surface area contributed by atoms with E-state index in [0.29, 0.717) is 23.9 Å². The number of nitrogens with zero attached hydrogens (tertiary/aromatic N) is 1. The minimum absolute atomic E-state index is 0.0158. The van der Waals surface area contributed by atoms with E-state index in [1.54, 1.807) is 0 Å². The number of unbranched alkanes of at least 4 members (excludes halogenated alkanes) is 26. The Morgan fingerprint density at radius 1 is 0.620 bits per heavy atom. The van der Waals surface area contributed by atoms with Crippen LogP contribution in [-0.4, -0.2) is 68.5 Å². The lowest BCUT2D eigenvalue weighted by molar-refractivity contribution is -0.870. The molecule has 0 aliphatic heterocycles. The number of carbonyl (C=O) groups excluding carboxylic acids is 1. The summed E-state index contributed by atoms with van der Waals surface area (Å²) < 4.78 is 23.2. The fourth-order valence-electron chi connectivity index (χ4n) is 6.39. The van der Waals surface area contributed by atoms with Gasteiger partial charge < -0.3 is 28.8 Å². The van der Waals surface area contributed by atoms with E-state index in [1.807, 2.05) is 21.1 Å². The number of carbonyl (C=O) groups is 1. The number of rotatable bonds is 39. The van der Waals surface area contributed by atoms with Crippen LogP contribution in [0.25, 0.3) is 0 Å². The summed E-state index contributed by atoms with van der Waals surface area (Å²) in [6, 6.07) is -0.791. The van der Waals surface area contributed by atoms with Crippen LogP contribution in [0, 0.1) is 0 Å². The van der Waals surface area contributed by atoms with Crippen LogP contribution in [0.15, 0.2) is 0 Å². The van der Waals surface area contributed by atoms with Gasteiger partial charge in [0, 0.05) is 6.42 Å². The number of phosphoric ester groups is 1. The van der Waals surface area contributed by atoms with Crippen molar-refractivity contribution in [2.24, 2.45) is 0 Å². The molecule has 9 heteroatoms. The molecule has 1 amide bonds. The molecule has 0 heterocycles. The van der Waals surface area contributed by atoms with E-state index in [4.69, 9.17) is 9.05 Å². The molecule has 0 radical (unpaired) electrons. The fraction of sp³-hybridized carbons (Fsp3) is 0.976. The number of quaternary nitrogens is 1. The first-order chi connectivity index (χ1) is 24.0. The second-order valence-corrected chi connectivity index (χ2v) is 17.5. The zero-order valence-electron chi connectivity index (χ0n) is 33.9. The van der Waals surface area contributed by atoms with E-state index in [2.05, 4.69) is 19.2 Å². The first-order valence-electron chi connectivity index (χ1n) is 21.4. The van der Waals surface area contributed by atoms with Gasteiger partial charge in [0.05, 0.1) is 39.9 Å². The van der Waals surface area contributed by atoms with Gasteiger partial charge in [-0.2, -0.15) is 0 Å². The molecule has 8 nitrogen and oxygen atoms in total. The Kier molecular flexibility index (Phi) is 33.9. The molecule has 0 aromatic rings. The molecular weight excluding hydrogens is 647 g/mol. The molecule has 0 saturated heterocycles. The highest BCUT2D eigenvalue weighted by molar-refractivity contribution is 7.45. The fourth-order valence-corrected chi connectivity index (χ4v) is 7.12. The van der Waals surface area contributed by atoms with Crippen molar-refractivity contribution in [1.82, 2.24) is 5.32 Å². The molecular formula is C41H85N2O6P. The highest BCUT2D eigenvalue weighted by Crippen LogP contribution is 2.38. The van der Waals surface area contributed by atoms with Gasteiger partial charge in [0.25, 0.3) is 7.82 Å². The molecule has 0 rings (SSSR count). The van der Waals surface area contributed by atoms with Crippen LogP contribution in [0.5, 0.6) is 0 Å². The first kappa shape index (κ1) is 49.5. The van der Waals surface area contributed by atoms with Gasteiger partial charge in [-0.15, -0.1) is 0 Å². The molecule has 300 valence electrons. The lowest BCUT2D eigenvalue weighted by Crippen LogP contribution is -2.46. The third-order valence-electron chi connectivity index (χ3n) is 9.85. The number of phosphoric acid groups is 1. The lowest BCUT2D eigenvalue weighted by atomic mass is 10.0. The Hall–Kier alpha value is -0.500. The Bertz CT molecular complexity index is 794. The van der Waals surface area contributed by atoms with Crippen LogP contribution in [-0.2, 0) is 18.4 Å². The van der Waals surface area contributed by atoms with Gasteiger partial charge in [-0.3, -0.25) is 9.36 Å². The van der Waals surface area contributed by atoms with Crippen LogP contribution in [0.2, 0.25) is 0 Å². The number of hydrogen-bond donors (Lipinski definition) is 2. The summed E-state index contributed by atoms with van der Waals surface area (Å²) in [7, 11) is 1.31. The van der Waals surface area contributed by atoms with Crippen molar-refractivity contribution in [2.75, 3.05) is 40.9 Å². The molecule has 0 fully saturated rings. The standard InChI is InChI=1S/C41H85N2O6P/c1-6-8-10-12-14-16-18-19-20-21-22-23-25-27-29-31-33-35-41(45)42-39(38-49-50(46,47)48-37-36-43(3,4)5)40(44)34-32-30-28-26-24-17-15-13-11-9-7-2/h39-40,44H,6-38H2,1-5H3,(H-,42,45,46,47). The number of amides is 1. The first-order valence-corrected chi connectivity index (χ1v) is 22.8.